The normalized spacial score (nSPS) is 13.8. The van der Waals surface area contributed by atoms with E-state index in [0.717, 1.165) is 35.1 Å². The van der Waals surface area contributed by atoms with Crippen LogP contribution in [0.4, 0.5) is 0 Å². The average molecular weight is 571 g/mol. The summed E-state index contributed by atoms with van der Waals surface area (Å²) in [5, 5.41) is 10.9. The van der Waals surface area contributed by atoms with E-state index in [1.165, 1.54) is 0 Å². The Hall–Kier alpha value is -1.18. The van der Waals surface area contributed by atoms with Crippen molar-refractivity contribution in [2.24, 2.45) is 5.41 Å². The van der Waals surface area contributed by atoms with Gasteiger partial charge in [-0.25, -0.2) is 0 Å². The van der Waals surface area contributed by atoms with Crippen molar-refractivity contribution in [1.82, 2.24) is 0 Å². The summed E-state index contributed by atoms with van der Waals surface area (Å²) in [6.07, 6.45) is 0.732. The Morgan fingerprint density at radius 1 is 0.789 bits per heavy atom. The molecule has 0 spiro atoms. The predicted molar refractivity (Wildman–Crippen MR) is 152 cm³/mol. The molecular weight excluding hydrogens is 526 g/mol. The molecule has 2 rings (SSSR count). The number of aryl methyl sites for hydroxylation is 1. The van der Waals surface area contributed by atoms with E-state index in [1.54, 1.807) is 12.1 Å². The Balaban J connectivity index is 3.02. The van der Waals surface area contributed by atoms with Gasteiger partial charge in [0.1, 0.15) is 11.9 Å². The van der Waals surface area contributed by atoms with Gasteiger partial charge in [0.05, 0.1) is 25.2 Å². The van der Waals surface area contributed by atoms with Crippen LogP contribution in [0.15, 0.2) is 42.5 Å². The predicted octanol–water partition coefficient (Wildman–Crippen LogP) is 5.93. The van der Waals surface area contributed by atoms with Gasteiger partial charge in [0, 0.05) is 5.56 Å². The molecule has 0 saturated heterocycles. The molecule has 0 aliphatic heterocycles. The molecule has 0 aliphatic rings. The summed E-state index contributed by atoms with van der Waals surface area (Å²) in [5.41, 5.74) is 1.98. The fourth-order valence-corrected chi connectivity index (χ4v) is 5.19. The highest BCUT2D eigenvalue weighted by Crippen LogP contribution is 2.50. The first-order chi connectivity index (χ1) is 17.7. The zero-order valence-corrected chi connectivity index (χ0v) is 25.3. The number of para-hydroxylation sites is 1. The highest BCUT2D eigenvalue weighted by Gasteiger charge is 2.47. The third-order valence-corrected chi connectivity index (χ3v) is 8.34. The van der Waals surface area contributed by atoms with E-state index in [0.29, 0.717) is 5.75 Å². The number of benzene rings is 2. The van der Waals surface area contributed by atoms with Crippen molar-refractivity contribution in [3.05, 3.63) is 64.7 Å². The summed E-state index contributed by atoms with van der Waals surface area (Å²) >= 11 is 0. The van der Waals surface area contributed by atoms with E-state index >= 15 is 0 Å². The third kappa shape index (κ3) is 8.17. The van der Waals surface area contributed by atoms with Gasteiger partial charge >= 0.3 is 17.2 Å². The molecule has 214 valence electrons. The van der Waals surface area contributed by atoms with Crippen molar-refractivity contribution in [1.29, 1.82) is 0 Å². The lowest BCUT2D eigenvalue weighted by Crippen LogP contribution is -2.45. The van der Waals surface area contributed by atoms with Crippen LogP contribution in [0.2, 0.25) is 0 Å². The second kappa shape index (κ2) is 13.9. The molecule has 8 nitrogen and oxygen atoms in total. The molecule has 0 radical (unpaired) electrons. The quantitative estimate of drug-likeness (QED) is 0.167. The first-order valence-corrected chi connectivity index (χ1v) is 15.2. The molecule has 38 heavy (non-hydrogen) atoms. The second-order valence-electron chi connectivity index (χ2n) is 11.1. The molecule has 10 heteroatoms. The molecule has 1 atom stereocenters. The first-order valence-electron chi connectivity index (χ1n) is 12.8. The Labute approximate surface area is 229 Å². The van der Waals surface area contributed by atoms with E-state index in [1.807, 2.05) is 18.2 Å². The van der Waals surface area contributed by atoms with E-state index in [2.05, 4.69) is 60.6 Å². The van der Waals surface area contributed by atoms with E-state index < -0.39 is 35.3 Å². The Bertz CT molecular complexity index is 962. The van der Waals surface area contributed by atoms with Gasteiger partial charge in [0.2, 0.25) is 0 Å². The van der Waals surface area contributed by atoms with Crippen molar-refractivity contribution >= 4 is 17.2 Å². The van der Waals surface area contributed by atoms with Crippen molar-refractivity contribution in [3.63, 3.8) is 0 Å². The van der Waals surface area contributed by atoms with Crippen LogP contribution in [0, 0.1) is 12.3 Å². The van der Waals surface area contributed by atoms with Crippen LogP contribution in [-0.2, 0) is 19.9 Å². The molecule has 0 heterocycles. The number of aliphatic hydroxyl groups is 1. The molecule has 1 unspecified atom stereocenters. The maximum atomic E-state index is 10.9. The summed E-state index contributed by atoms with van der Waals surface area (Å²) in [5.74, 6) is 0.530. The largest absolute Gasteiger partial charge is 0.485 e. The van der Waals surface area contributed by atoms with E-state index in [4.69, 9.17) is 13.8 Å². The van der Waals surface area contributed by atoms with E-state index in [-0.39, 0.29) is 24.0 Å². The Morgan fingerprint density at radius 3 is 1.61 bits per heavy atom. The SMILES string of the molecule is CCC(C)(C)c1cc(C)cc(C(C)(C)CC)c1C(Oc1ccccc1)C(CO)(COP(O)O)COP(O)O. The van der Waals surface area contributed by atoms with Crippen molar-refractivity contribution in [3.8, 4) is 5.75 Å². The van der Waals surface area contributed by atoms with Crippen LogP contribution in [0.5, 0.6) is 5.75 Å². The summed E-state index contributed by atoms with van der Waals surface area (Å²) < 4.78 is 17.3. The van der Waals surface area contributed by atoms with Crippen molar-refractivity contribution < 1.29 is 38.5 Å². The van der Waals surface area contributed by atoms with Crippen LogP contribution in [0.3, 0.4) is 0 Å². The minimum Gasteiger partial charge on any atom is -0.485 e. The Morgan fingerprint density at radius 2 is 1.24 bits per heavy atom. The van der Waals surface area contributed by atoms with E-state index in [9.17, 15) is 24.7 Å². The fraction of sp³-hybridized carbons (Fsp3) is 0.571. The molecule has 0 saturated carbocycles. The molecule has 0 bridgehead atoms. The number of hydrogen-bond donors (Lipinski definition) is 5. The molecule has 0 aromatic heterocycles. The summed E-state index contributed by atoms with van der Waals surface area (Å²) in [4.78, 5) is 38.6. The molecule has 0 amide bonds. The van der Waals surface area contributed by atoms with Crippen LogP contribution < -0.4 is 4.74 Å². The molecule has 5 N–H and O–H groups in total. The minimum absolute atomic E-state index is 0.289. The summed E-state index contributed by atoms with van der Waals surface area (Å²) in [6, 6.07) is 13.4. The maximum Gasteiger partial charge on any atom is 0.327 e. The van der Waals surface area contributed by atoms with Crippen LogP contribution >= 0.6 is 17.2 Å². The van der Waals surface area contributed by atoms with Gasteiger partial charge in [-0.1, -0.05) is 77.4 Å². The van der Waals surface area contributed by atoms with Gasteiger partial charge in [-0.15, -0.1) is 0 Å². The summed E-state index contributed by atoms with van der Waals surface area (Å²) in [6.45, 7) is 13.6. The van der Waals surface area contributed by atoms with Crippen molar-refractivity contribution in [2.45, 2.75) is 78.2 Å². The number of hydrogen-bond acceptors (Lipinski definition) is 8. The van der Waals surface area contributed by atoms with Gasteiger partial charge in [0.15, 0.2) is 0 Å². The smallest absolute Gasteiger partial charge is 0.327 e. The molecule has 2 aromatic rings. The van der Waals surface area contributed by atoms with Gasteiger partial charge in [-0.3, -0.25) is 0 Å². The number of rotatable bonds is 15. The summed E-state index contributed by atoms with van der Waals surface area (Å²) in [7, 11) is -5.53. The minimum atomic E-state index is -2.76. The fourth-order valence-electron chi connectivity index (χ4n) is 4.45. The molecule has 0 fully saturated rings. The standard InChI is InChI=1S/C28H44O8P2/c1-8-26(4,5)22-15-20(3)16-23(27(6,7)9-2)24(22)25(36-21-13-11-10-12-14-21)28(17-29,18-34-37(30)31)19-35-38(32)33/h10-16,25,29-33H,8-9,17-19H2,1-7H3. The lowest BCUT2D eigenvalue weighted by molar-refractivity contribution is -0.0665. The van der Waals surface area contributed by atoms with Crippen LogP contribution in [-0.4, -0.2) is 44.5 Å². The molecular formula is C28H44O8P2. The van der Waals surface area contributed by atoms with Crippen LogP contribution in [0.1, 0.15) is 82.7 Å². The van der Waals surface area contributed by atoms with Gasteiger partial charge in [0.25, 0.3) is 0 Å². The number of aliphatic hydroxyl groups excluding tert-OH is 1. The highest BCUT2D eigenvalue weighted by atomic mass is 31.2. The topological polar surface area (TPSA) is 129 Å². The van der Waals surface area contributed by atoms with Gasteiger partial charge < -0.3 is 38.5 Å². The zero-order valence-electron chi connectivity index (χ0n) is 23.5. The Kier molecular flexibility index (Phi) is 12.1. The highest BCUT2D eigenvalue weighted by molar-refractivity contribution is 7.39. The van der Waals surface area contributed by atoms with Crippen molar-refractivity contribution in [2.75, 3.05) is 19.8 Å². The monoisotopic (exact) mass is 570 g/mol. The first kappa shape index (κ1) is 33.0. The van der Waals surface area contributed by atoms with Gasteiger partial charge in [-0.05, 0) is 53.9 Å². The third-order valence-electron chi connectivity index (χ3n) is 7.62. The van der Waals surface area contributed by atoms with Crippen LogP contribution in [0.25, 0.3) is 0 Å². The average Bonchev–Trinajstić information content (AvgIpc) is 2.88. The molecule has 0 aliphatic carbocycles. The zero-order chi connectivity index (χ0) is 28.7. The number of ether oxygens (including phenoxy) is 1. The lowest BCUT2D eigenvalue weighted by Gasteiger charge is -2.44. The second-order valence-corrected chi connectivity index (χ2v) is 12.7. The maximum absolute atomic E-state index is 10.9. The lowest BCUT2D eigenvalue weighted by atomic mass is 9.67. The van der Waals surface area contributed by atoms with Gasteiger partial charge in [-0.2, -0.15) is 0 Å². The molecule has 2 aromatic carbocycles.